The largest absolute Gasteiger partial charge is 0.496 e. The molecule has 0 atom stereocenters. The van der Waals surface area contributed by atoms with Crippen LogP contribution in [0.5, 0.6) is 11.5 Å². The van der Waals surface area contributed by atoms with Gasteiger partial charge in [-0.3, -0.25) is 9.48 Å². The minimum absolute atomic E-state index is 0.0709. The summed E-state index contributed by atoms with van der Waals surface area (Å²) in [6.45, 7) is 7.66. The molecule has 164 valence electrons. The lowest BCUT2D eigenvalue weighted by Crippen LogP contribution is -2.27. The SMILES string of the molecule is CCn1nc(C)c(CN(C)C(=O)c2ccc(OC)c(COc3ccc(Cl)cc3)c2)c1C. The van der Waals surface area contributed by atoms with Gasteiger partial charge in [-0.2, -0.15) is 5.10 Å². The molecule has 31 heavy (non-hydrogen) atoms. The molecular formula is C24H28ClN3O3. The predicted molar refractivity (Wildman–Crippen MR) is 122 cm³/mol. The summed E-state index contributed by atoms with van der Waals surface area (Å²) in [6.07, 6.45) is 0. The maximum absolute atomic E-state index is 13.1. The highest BCUT2D eigenvalue weighted by Gasteiger charge is 2.18. The Morgan fingerprint density at radius 1 is 1.16 bits per heavy atom. The van der Waals surface area contributed by atoms with E-state index in [9.17, 15) is 4.79 Å². The van der Waals surface area contributed by atoms with Gasteiger partial charge in [-0.15, -0.1) is 0 Å². The van der Waals surface area contributed by atoms with E-state index in [0.717, 1.165) is 29.1 Å². The fourth-order valence-corrected chi connectivity index (χ4v) is 3.64. The Labute approximate surface area is 188 Å². The number of hydrogen-bond donors (Lipinski definition) is 0. The predicted octanol–water partition coefficient (Wildman–Crippen LogP) is 5.03. The summed E-state index contributed by atoms with van der Waals surface area (Å²) >= 11 is 5.93. The third kappa shape index (κ3) is 5.20. The van der Waals surface area contributed by atoms with Crippen LogP contribution in [0, 0.1) is 13.8 Å². The Morgan fingerprint density at radius 3 is 2.48 bits per heavy atom. The van der Waals surface area contributed by atoms with Crippen LogP contribution in [0.15, 0.2) is 42.5 Å². The first-order valence-corrected chi connectivity index (χ1v) is 10.6. The van der Waals surface area contributed by atoms with Gasteiger partial charge >= 0.3 is 0 Å². The first-order chi connectivity index (χ1) is 14.8. The Hall–Kier alpha value is -2.99. The van der Waals surface area contributed by atoms with Crippen LogP contribution in [0.1, 0.15) is 39.8 Å². The van der Waals surface area contributed by atoms with Gasteiger partial charge in [0, 0.05) is 47.5 Å². The van der Waals surface area contributed by atoms with E-state index in [4.69, 9.17) is 21.1 Å². The Morgan fingerprint density at radius 2 is 1.87 bits per heavy atom. The summed E-state index contributed by atoms with van der Waals surface area (Å²) in [7, 11) is 3.41. The van der Waals surface area contributed by atoms with Crippen molar-refractivity contribution in [2.45, 2.75) is 40.5 Å². The normalized spacial score (nSPS) is 10.8. The second kappa shape index (κ2) is 9.88. The highest BCUT2D eigenvalue weighted by atomic mass is 35.5. The molecular weight excluding hydrogens is 414 g/mol. The molecule has 6 nitrogen and oxygen atoms in total. The summed E-state index contributed by atoms with van der Waals surface area (Å²) in [6, 6.07) is 12.5. The molecule has 0 saturated heterocycles. The second-order valence-electron chi connectivity index (χ2n) is 7.40. The van der Waals surface area contributed by atoms with Crippen molar-refractivity contribution in [3.05, 3.63) is 75.6 Å². The fourth-order valence-electron chi connectivity index (χ4n) is 3.52. The van der Waals surface area contributed by atoms with Crippen LogP contribution >= 0.6 is 11.6 Å². The highest BCUT2D eigenvalue weighted by molar-refractivity contribution is 6.30. The van der Waals surface area contributed by atoms with Gasteiger partial charge in [0.1, 0.15) is 18.1 Å². The minimum Gasteiger partial charge on any atom is -0.496 e. The third-order valence-electron chi connectivity index (χ3n) is 5.31. The fraction of sp³-hybridized carbons (Fsp3) is 0.333. The van der Waals surface area contributed by atoms with Gasteiger partial charge in [-0.05, 0) is 63.2 Å². The van der Waals surface area contributed by atoms with Crippen molar-refractivity contribution in [3.8, 4) is 11.5 Å². The molecule has 0 aliphatic carbocycles. The maximum atomic E-state index is 13.1. The number of amides is 1. The lowest BCUT2D eigenvalue weighted by Gasteiger charge is -2.19. The third-order valence-corrected chi connectivity index (χ3v) is 5.56. The molecule has 0 spiro atoms. The summed E-state index contributed by atoms with van der Waals surface area (Å²) in [4.78, 5) is 14.8. The number of ether oxygens (including phenoxy) is 2. The smallest absolute Gasteiger partial charge is 0.253 e. The molecule has 0 unspecified atom stereocenters. The van der Waals surface area contributed by atoms with E-state index >= 15 is 0 Å². The van der Waals surface area contributed by atoms with Crippen LogP contribution in [-0.2, 0) is 19.7 Å². The van der Waals surface area contributed by atoms with Crippen molar-refractivity contribution in [2.75, 3.05) is 14.2 Å². The number of methoxy groups -OCH3 is 1. The van der Waals surface area contributed by atoms with Crippen LogP contribution in [0.25, 0.3) is 0 Å². The molecule has 3 rings (SSSR count). The van der Waals surface area contributed by atoms with E-state index in [2.05, 4.69) is 12.0 Å². The van der Waals surface area contributed by atoms with Crippen molar-refractivity contribution < 1.29 is 14.3 Å². The van der Waals surface area contributed by atoms with Crippen LogP contribution in [-0.4, -0.2) is 34.7 Å². The molecule has 0 aliphatic rings. The first-order valence-electron chi connectivity index (χ1n) is 10.2. The molecule has 1 amide bonds. The topological polar surface area (TPSA) is 56.6 Å². The molecule has 0 fully saturated rings. The van der Waals surface area contributed by atoms with Crippen molar-refractivity contribution in [1.82, 2.24) is 14.7 Å². The lowest BCUT2D eigenvalue weighted by atomic mass is 10.1. The highest BCUT2D eigenvalue weighted by Crippen LogP contribution is 2.24. The van der Waals surface area contributed by atoms with Gasteiger partial charge in [0.25, 0.3) is 5.91 Å². The standard InChI is InChI=1S/C24H28ClN3O3/c1-6-28-17(3)22(16(2)26-28)14-27(4)24(29)18-7-12-23(30-5)19(13-18)15-31-21-10-8-20(25)9-11-21/h7-13H,6,14-15H2,1-5H3. The molecule has 2 aromatic carbocycles. The number of nitrogens with zero attached hydrogens (tertiary/aromatic N) is 3. The van der Waals surface area contributed by atoms with Crippen LogP contribution in [0.3, 0.4) is 0 Å². The summed E-state index contributed by atoms with van der Waals surface area (Å²) in [5, 5.41) is 5.20. The minimum atomic E-state index is -0.0709. The van der Waals surface area contributed by atoms with Crippen LogP contribution in [0.4, 0.5) is 0 Å². The van der Waals surface area contributed by atoms with Gasteiger partial charge < -0.3 is 14.4 Å². The number of hydrogen-bond acceptors (Lipinski definition) is 4. The molecule has 1 aromatic heterocycles. The van der Waals surface area contributed by atoms with Crippen molar-refractivity contribution in [3.63, 3.8) is 0 Å². The van der Waals surface area contributed by atoms with Crippen LogP contribution < -0.4 is 9.47 Å². The average Bonchev–Trinajstić information content (AvgIpc) is 3.05. The van der Waals surface area contributed by atoms with Crippen molar-refractivity contribution >= 4 is 17.5 Å². The molecule has 3 aromatic rings. The van der Waals surface area contributed by atoms with E-state index in [1.165, 1.54) is 0 Å². The molecule has 0 N–H and O–H groups in total. The number of benzene rings is 2. The first kappa shape index (κ1) is 22.7. The molecule has 0 bridgehead atoms. The zero-order valence-corrected chi connectivity index (χ0v) is 19.4. The van der Waals surface area contributed by atoms with E-state index in [0.29, 0.717) is 28.6 Å². The summed E-state index contributed by atoms with van der Waals surface area (Å²) in [5.74, 6) is 1.29. The van der Waals surface area contributed by atoms with Crippen LogP contribution in [0.2, 0.25) is 5.02 Å². The van der Waals surface area contributed by atoms with Gasteiger partial charge in [0.2, 0.25) is 0 Å². The number of halogens is 1. The molecule has 1 heterocycles. The van der Waals surface area contributed by atoms with E-state index in [1.807, 2.05) is 24.6 Å². The van der Waals surface area contributed by atoms with Gasteiger partial charge in [0.05, 0.1) is 12.8 Å². The molecule has 0 saturated carbocycles. The summed E-state index contributed by atoms with van der Waals surface area (Å²) < 4.78 is 13.3. The average molecular weight is 442 g/mol. The number of carbonyl (C=O) groups is 1. The Balaban J connectivity index is 1.77. The van der Waals surface area contributed by atoms with E-state index < -0.39 is 0 Å². The lowest BCUT2D eigenvalue weighted by molar-refractivity contribution is 0.0784. The maximum Gasteiger partial charge on any atom is 0.253 e. The zero-order chi connectivity index (χ0) is 22.5. The monoisotopic (exact) mass is 441 g/mol. The van der Waals surface area contributed by atoms with Crippen molar-refractivity contribution in [1.29, 1.82) is 0 Å². The number of carbonyl (C=O) groups excluding carboxylic acids is 1. The molecule has 0 aliphatic heterocycles. The molecule has 7 heteroatoms. The number of rotatable bonds is 8. The van der Waals surface area contributed by atoms with Gasteiger partial charge in [0.15, 0.2) is 0 Å². The van der Waals surface area contributed by atoms with E-state index in [1.54, 1.807) is 55.5 Å². The second-order valence-corrected chi connectivity index (χ2v) is 7.83. The van der Waals surface area contributed by atoms with Gasteiger partial charge in [-0.1, -0.05) is 11.6 Å². The Bertz CT molecular complexity index is 1060. The Kier molecular flexibility index (Phi) is 7.23. The molecule has 0 radical (unpaired) electrons. The van der Waals surface area contributed by atoms with E-state index in [-0.39, 0.29) is 12.5 Å². The number of aryl methyl sites for hydroxylation is 2. The van der Waals surface area contributed by atoms with Crippen molar-refractivity contribution in [2.24, 2.45) is 0 Å². The number of aromatic nitrogens is 2. The van der Waals surface area contributed by atoms with Gasteiger partial charge in [-0.25, -0.2) is 0 Å². The zero-order valence-electron chi connectivity index (χ0n) is 18.6. The summed E-state index contributed by atoms with van der Waals surface area (Å²) in [5.41, 5.74) is 4.49. The quantitative estimate of drug-likeness (QED) is 0.491.